The number of urea groups is 1. The van der Waals surface area contributed by atoms with Crippen LogP contribution in [0.3, 0.4) is 0 Å². The highest BCUT2D eigenvalue weighted by molar-refractivity contribution is 6.31. The minimum absolute atomic E-state index is 0.0662. The lowest BCUT2D eigenvalue weighted by Crippen LogP contribution is -2.19. The zero-order chi connectivity index (χ0) is 19.7. The van der Waals surface area contributed by atoms with Crippen molar-refractivity contribution >= 4 is 45.7 Å². The zero-order valence-corrected chi connectivity index (χ0v) is 15.1. The smallest absolute Gasteiger partial charge is 0.323 e. The molecule has 2 aromatic carbocycles. The number of hydrogen-bond donors (Lipinski definition) is 4. The molecule has 0 fully saturated rings. The van der Waals surface area contributed by atoms with E-state index in [-0.39, 0.29) is 5.02 Å². The van der Waals surface area contributed by atoms with Gasteiger partial charge in [0.1, 0.15) is 5.82 Å². The van der Waals surface area contributed by atoms with Gasteiger partial charge in [-0.3, -0.25) is 10.1 Å². The summed E-state index contributed by atoms with van der Waals surface area (Å²) >= 11 is 5.71. The highest BCUT2D eigenvalue weighted by Gasteiger charge is 2.11. The van der Waals surface area contributed by atoms with Gasteiger partial charge in [0, 0.05) is 23.1 Å². The van der Waals surface area contributed by atoms with Gasteiger partial charge in [0.2, 0.25) is 0 Å². The molecule has 4 rings (SSSR count). The van der Waals surface area contributed by atoms with E-state index in [1.807, 2.05) is 12.1 Å². The van der Waals surface area contributed by atoms with Gasteiger partial charge in [-0.15, -0.1) is 0 Å². The van der Waals surface area contributed by atoms with E-state index in [0.29, 0.717) is 17.2 Å². The summed E-state index contributed by atoms with van der Waals surface area (Å²) in [4.78, 5) is 16.3. The Hall–Kier alpha value is -3.65. The van der Waals surface area contributed by atoms with Crippen LogP contribution >= 0.6 is 11.6 Å². The first-order valence-corrected chi connectivity index (χ1v) is 8.60. The van der Waals surface area contributed by atoms with Crippen molar-refractivity contribution in [2.24, 2.45) is 0 Å². The monoisotopic (exact) mass is 396 g/mol. The standard InChI is InChI=1S/C19H14ClFN6O/c20-14-7-12(5-6-15(14)21)25-19(28)24-11-3-1-10(2-4-11)13-8-23-9-16-17(13)18(22)27-26-16/h1-9H,(H3,22,26,27)(H2,24,25,28). The van der Waals surface area contributed by atoms with Crippen LogP contribution in [0, 0.1) is 5.82 Å². The van der Waals surface area contributed by atoms with Crippen molar-refractivity contribution in [2.75, 3.05) is 16.4 Å². The molecule has 2 amide bonds. The number of aromatic amines is 1. The van der Waals surface area contributed by atoms with Crippen LogP contribution in [-0.2, 0) is 0 Å². The Kier molecular flexibility index (Phi) is 4.54. The van der Waals surface area contributed by atoms with Crippen LogP contribution in [0.1, 0.15) is 0 Å². The van der Waals surface area contributed by atoms with Crippen molar-refractivity contribution in [3.8, 4) is 11.1 Å². The van der Waals surface area contributed by atoms with E-state index in [9.17, 15) is 9.18 Å². The van der Waals surface area contributed by atoms with Gasteiger partial charge in [0.15, 0.2) is 5.82 Å². The number of benzene rings is 2. The molecule has 0 saturated heterocycles. The third-order valence-corrected chi connectivity index (χ3v) is 4.42. The molecule has 2 heterocycles. The first kappa shape index (κ1) is 17.7. The van der Waals surface area contributed by atoms with E-state index in [0.717, 1.165) is 22.0 Å². The third kappa shape index (κ3) is 3.45. The van der Waals surface area contributed by atoms with Crippen molar-refractivity contribution < 1.29 is 9.18 Å². The Morgan fingerprint density at radius 3 is 2.54 bits per heavy atom. The number of carbonyl (C=O) groups excluding carboxylic acids is 1. The highest BCUT2D eigenvalue weighted by atomic mass is 35.5. The van der Waals surface area contributed by atoms with Crippen LogP contribution in [0.2, 0.25) is 5.02 Å². The van der Waals surface area contributed by atoms with Crippen LogP contribution in [0.15, 0.2) is 54.9 Å². The molecule has 0 spiro atoms. The maximum atomic E-state index is 13.2. The van der Waals surface area contributed by atoms with Gasteiger partial charge < -0.3 is 16.4 Å². The molecule has 9 heteroatoms. The average molecular weight is 397 g/mol. The molecule has 0 aliphatic heterocycles. The first-order chi connectivity index (χ1) is 13.5. The fourth-order valence-electron chi connectivity index (χ4n) is 2.82. The predicted molar refractivity (Wildman–Crippen MR) is 108 cm³/mol. The number of amides is 2. The lowest BCUT2D eigenvalue weighted by molar-refractivity contribution is 0.262. The maximum absolute atomic E-state index is 13.2. The maximum Gasteiger partial charge on any atom is 0.323 e. The van der Waals surface area contributed by atoms with Crippen LogP contribution in [0.4, 0.5) is 26.4 Å². The number of halogens is 2. The molecular weight excluding hydrogens is 383 g/mol. The molecule has 4 aromatic rings. The van der Waals surface area contributed by atoms with Gasteiger partial charge >= 0.3 is 6.03 Å². The molecule has 0 aliphatic rings. The normalized spacial score (nSPS) is 10.8. The van der Waals surface area contributed by atoms with Gasteiger partial charge in [-0.05, 0) is 35.9 Å². The summed E-state index contributed by atoms with van der Waals surface area (Å²) in [7, 11) is 0. The molecule has 28 heavy (non-hydrogen) atoms. The van der Waals surface area contributed by atoms with Crippen molar-refractivity contribution in [3.05, 3.63) is 65.7 Å². The predicted octanol–water partition coefficient (Wildman–Crippen LogP) is 4.64. The molecule has 7 nitrogen and oxygen atoms in total. The number of nitrogens with one attached hydrogen (secondary N) is 3. The number of aromatic nitrogens is 3. The number of nitrogen functional groups attached to an aromatic ring is 1. The molecule has 0 radical (unpaired) electrons. The Morgan fingerprint density at radius 1 is 1.07 bits per heavy atom. The average Bonchev–Trinajstić information content (AvgIpc) is 3.07. The highest BCUT2D eigenvalue weighted by Crippen LogP contribution is 2.31. The van der Waals surface area contributed by atoms with Crippen molar-refractivity contribution in [3.63, 3.8) is 0 Å². The molecule has 0 atom stereocenters. The summed E-state index contributed by atoms with van der Waals surface area (Å²) in [6.45, 7) is 0. The van der Waals surface area contributed by atoms with Gasteiger partial charge in [-0.25, -0.2) is 9.18 Å². The Balaban J connectivity index is 1.51. The summed E-state index contributed by atoms with van der Waals surface area (Å²) in [5.41, 5.74) is 9.35. The van der Waals surface area contributed by atoms with E-state index < -0.39 is 11.8 Å². The number of nitrogens with two attached hydrogens (primary N) is 1. The first-order valence-electron chi connectivity index (χ1n) is 8.22. The number of rotatable bonds is 3. The molecule has 5 N–H and O–H groups in total. The topological polar surface area (TPSA) is 109 Å². The zero-order valence-electron chi connectivity index (χ0n) is 14.3. The van der Waals surface area contributed by atoms with Crippen LogP contribution in [0.25, 0.3) is 22.0 Å². The number of H-pyrrole nitrogens is 1. The van der Waals surface area contributed by atoms with Gasteiger partial charge in [0.25, 0.3) is 0 Å². The summed E-state index contributed by atoms with van der Waals surface area (Å²) in [6.07, 6.45) is 3.37. The Labute approximate surface area is 163 Å². The molecule has 0 aliphatic carbocycles. The summed E-state index contributed by atoms with van der Waals surface area (Å²) < 4.78 is 13.2. The molecule has 0 saturated carbocycles. The van der Waals surface area contributed by atoms with Crippen molar-refractivity contribution in [2.45, 2.75) is 0 Å². The number of nitrogens with zero attached hydrogens (tertiary/aromatic N) is 2. The minimum atomic E-state index is -0.550. The van der Waals surface area contributed by atoms with Crippen molar-refractivity contribution in [1.29, 1.82) is 0 Å². The van der Waals surface area contributed by atoms with E-state index >= 15 is 0 Å². The van der Waals surface area contributed by atoms with E-state index in [2.05, 4.69) is 25.8 Å². The molecular formula is C19H14ClFN6O. The van der Waals surface area contributed by atoms with Crippen LogP contribution in [0.5, 0.6) is 0 Å². The van der Waals surface area contributed by atoms with Crippen LogP contribution in [-0.4, -0.2) is 21.2 Å². The Bertz CT molecular complexity index is 1170. The second-order valence-corrected chi connectivity index (χ2v) is 6.41. The minimum Gasteiger partial charge on any atom is -0.382 e. The summed E-state index contributed by atoms with van der Waals surface area (Å²) in [6, 6.07) is 10.7. The van der Waals surface area contributed by atoms with Crippen LogP contribution < -0.4 is 16.4 Å². The van der Waals surface area contributed by atoms with E-state index in [4.69, 9.17) is 17.3 Å². The molecule has 0 unspecified atom stereocenters. The quantitative estimate of drug-likeness (QED) is 0.404. The number of fused-ring (bicyclic) bond motifs is 1. The molecule has 2 aromatic heterocycles. The van der Waals surface area contributed by atoms with Gasteiger partial charge in [-0.2, -0.15) is 5.10 Å². The summed E-state index contributed by atoms with van der Waals surface area (Å²) in [5, 5.41) is 12.9. The molecule has 0 bridgehead atoms. The summed E-state index contributed by atoms with van der Waals surface area (Å²) in [5.74, 6) is -0.155. The lowest BCUT2D eigenvalue weighted by atomic mass is 10.0. The van der Waals surface area contributed by atoms with Gasteiger partial charge in [0.05, 0.1) is 22.1 Å². The number of anilines is 3. The number of pyridine rings is 1. The SMILES string of the molecule is Nc1n[nH]c2cncc(-c3ccc(NC(=O)Nc4ccc(F)c(Cl)c4)cc3)c12. The Morgan fingerprint density at radius 2 is 1.79 bits per heavy atom. The van der Waals surface area contributed by atoms with Gasteiger partial charge in [-0.1, -0.05) is 23.7 Å². The van der Waals surface area contributed by atoms with Crippen molar-refractivity contribution in [1.82, 2.24) is 15.2 Å². The number of hydrogen-bond acceptors (Lipinski definition) is 4. The second kappa shape index (κ2) is 7.16. The lowest BCUT2D eigenvalue weighted by Gasteiger charge is -2.09. The largest absolute Gasteiger partial charge is 0.382 e. The fourth-order valence-corrected chi connectivity index (χ4v) is 3.00. The molecule has 140 valence electrons. The fraction of sp³-hybridized carbons (Fsp3) is 0. The second-order valence-electron chi connectivity index (χ2n) is 6.00. The van der Waals surface area contributed by atoms with E-state index in [1.54, 1.807) is 24.5 Å². The third-order valence-electron chi connectivity index (χ3n) is 4.13. The number of carbonyl (C=O) groups is 1. The van der Waals surface area contributed by atoms with E-state index in [1.165, 1.54) is 18.2 Å².